The fraction of sp³-hybridized carbons (Fsp3) is 0.350. The molecule has 2 aromatic heterocycles. The number of hydrogen-bond acceptors (Lipinski definition) is 6. The average Bonchev–Trinajstić information content (AvgIpc) is 2.70. The van der Waals surface area contributed by atoms with Crippen molar-refractivity contribution in [1.82, 2.24) is 19.9 Å². The number of nitrogens with one attached hydrogen (secondary N) is 1. The first-order valence-corrected chi connectivity index (χ1v) is 8.88. The van der Waals surface area contributed by atoms with Crippen LogP contribution in [-0.2, 0) is 0 Å². The predicted molar refractivity (Wildman–Crippen MR) is 109 cm³/mol. The molecule has 27 heavy (non-hydrogen) atoms. The number of pyridine rings is 1. The smallest absolute Gasteiger partial charge is 0.348 e. The second kappa shape index (κ2) is 10.4. The van der Waals surface area contributed by atoms with E-state index >= 15 is 0 Å². The molecule has 0 saturated carbocycles. The number of piperazine rings is 1. The van der Waals surface area contributed by atoms with Crippen LogP contribution in [0.1, 0.15) is 5.56 Å². The van der Waals surface area contributed by atoms with Crippen molar-refractivity contribution in [3.05, 3.63) is 64.7 Å². The van der Waals surface area contributed by atoms with Crippen LogP contribution in [0, 0.1) is 6.92 Å². The number of anilines is 1. The third kappa shape index (κ3) is 5.87. The van der Waals surface area contributed by atoms with Crippen molar-refractivity contribution in [2.75, 3.05) is 45.2 Å². The number of hydrogen-bond donors (Lipinski definition) is 2. The molecule has 144 valence electrons. The van der Waals surface area contributed by atoms with E-state index in [4.69, 9.17) is 5.11 Å². The van der Waals surface area contributed by atoms with Gasteiger partial charge >= 0.3 is 5.69 Å². The Morgan fingerprint density at radius 2 is 1.67 bits per heavy atom. The van der Waals surface area contributed by atoms with Crippen LogP contribution in [0.2, 0.25) is 0 Å². The lowest BCUT2D eigenvalue weighted by molar-refractivity contribution is 0.312. The number of aliphatic hydroxyl groups excluding tert-OH is 1. The van der Waals surface area contributed by atoms with Gasteiger partial charge in [0.05, 0.1) is 5.39 Å². The molecule has 7 nitrogen and oxygen atoms in total. The van der Waals surface area contributed by atoms with E-state index in [2.05, 4.69) is 50.9 Å². The van der Waals surface area contributed by atoms with E-state index in [1.165, 1.54) is 5.56 Å². The van der Waals surface area contributed by atoms with Crippen molar-refractivity contribution in [3.63, 3.8) is 0 Å². The largest absolute Gasteiger partial charge is 0.400 e. The number of nitrogens with zero attached hydrogens (tertiary/aromatic N) is 4. The Morgan fingerprint density at radius 3 is 2.26 bits per heavy atom. The summed E-state index contributed by atoms with van der Waals surface area (Å²) in [5.74, 6) is 0.745. The average molecular weight is 369 g/mol. The summed E-state index contributed by atoms with van der Waals surface area (Å²) >= 11 is 0. The van der Waals surface area contributed by atoms with E-state index in [1.54, 1.807) is 6.20 Å². The van der Waals surface area contributed by atoms with Crippen LogP contribution in [0.4, 0.5) is 5.82 Å². The van der Waals surface area contributed by atoms with Gasteiger partial charge in [0.15, 0.2) is 0 Å². The number of aromatic nitrogens is 3. The molecule has 1 aromatic carbocycles. The summed E-state index contributed by atoms with van der Waals surface area (Å²) < 4.78 is 0. The van der Waals surface area contributed by atoms with Crippen molar-refractivity contribution < 1.29 is 5.11 Å². The van der Waals surface area contributed by atoms with Crippen molar-refractivity contribution in [1.29, 1.82) is 0 Å². The molecule has 0 radical (unpaired) electrons. The van der Waals surface area contributed by atoms with Crippen molar-refractivity contribution in [2.45, 2.75) is 6.92 Å². The Morgan fingerprint density at radius 1 is 1.00 bits per heavy atom. The van der Waals surface area contributed by atoms with Crippen LogP contribution in [0.5, 0.6) is 0 Å². The van der Waals surface area contributed by atoms with Crippen LogP contribution in [0.15, 0.2) is 53.5 Å². The maximum atomic E-state index is 11.6. The maximum absolute atomic E-state index is 11.6. The molecule has 0 bridgehead atoms. The lowest BCUT2D eigenvalue weighted by Gasteiger charge is -2.33. The van der Waals surface area contributed by atoms with Crippen LogP contribution < -0.4 is 10.6 Å². The van der Waals surface area contributed by atoms with Gasteiger partial charge in [-0.25, -0.2) is 9.78 Å². The van der Waals surface area contributed by atoms with E-state index < -0.39 is 0 Å². The summed E-state index contributed by atoms with van der Waals surface area (Å²) in [6.45, 7) is 5.82. The van der Waals surface area contributed by atoms with Gasteiger partial charge in [-0.1, -0.05) is 35.9 Å². The van der Waals surface area contributed by atoms with Crippen molar-refractivity contribution in [2.24, 2.45) is 0 Å². The summed E-state index contributed by atoms with van der Waals surface area (Å²) in [5.41, 5.74) is 1.59. The topological polar surface area (TPSA) is 85.4 Å². The molecule has 0 unspecified atom stereocenters. The minimum absolute atomic E-state index is 0.338. The standard InChI is InChI=1S/C12H15N5O.C7H8.CH4O/c1-16-5-7-17(8-6-16)11-9-3-2-4-13-10(9)14-12(18)15-11;1-7-5-3-2-4-6-7;1-2/h2-4H,5-8H2,1H3,(H,13,14,15,18);2-6H,1H3;2H,1H3. The van der Waals surface area contributed by atoms with E-state index in [9.17, 15) is 4.79 Å². The molecule has 4 rings (SSSR count). The number of aryl methyl sites for hydroxylation is 1. The van der Waals surface area contributed by atoms with E-state index in [1.807, 2.05) is 30.3 Å². The molecule has 1 aliphatic heterocycles. The Bertz CT molecular complexity index is 874. The van der Waals surface area contributed by atoms with Gasteiger partial charge in [-0.05, 0) is 26.1 Å². The number of benzene rings is 1. The zero-order valence-electron chi connectivity index (χ0n) is 16.1. The van der Waals surface area contributed by atoms with E-state index in [-0.39, 0.29) is 5.69 Å². The highest BCUT2D eigenvalue weighted by atomic mass is 16.2. The van der Waals surface area contributed by atoms with Gasteiger partial charge in [0.25, 0.3) is 0 Å². The molecule has 0 amide bonds. The zero-order valence-corrected chi connectivity index (χ0v) is 16.1. The molecular weight excluding hydrogens is 342 g/mol. The molecule has 2 N–H and O–H groups in total. The van der Waals surface area contributed by atoms with Gasteiger partial charge < -0.3 is 14.9 Å². The lowest BCUT2D eigenvalue weighted by Crippen LogP contribution is -2.45. The maximum Gasteiger partial charge on any atom is 0.348 e. The first-order valence-electron chi connectivity index (χ1n) is 8.88. The normalized spacial score (nSPS) is 14.0. The Hall–Kier alpha value is -2.77. The highest BCUT2D eigenvalue weighted by Crippen LogP contribution is 2.20. The first kappa shape index (κ1) is 20.5. The van der Waals surface area contributed by atoms with Gasteiger partial charge in [-0.15, -0.1) is 0 Å². The fourth-order valence-electron chi connectivity index (χ4n) is 2.76. The molecule has 0 spiro atoms. The summed E-state index contributed by atoms with van der Waals surface area (Å²) in [6.07, 6.45) is 1.67. The number of fused-ring (bicyclic) bond motifs is 1. The third-order valence-electron chi connectivity index (χ3n) is 4.22. The monoisotopic (exact) mass is 369 g/mol. The van der Waals surface area contributed by atoms with E-state index in [0.717, 1.165) is 44.5 Å². The second-order valence-corrected chi connectivity index (χ2v) is 6.21. The van der Waals surface area contributed by atoms with Crippen LogP contribution in [0.3, 0.4) is 0 Å². The SMILES string of the molecule is CN1CCN(c2nc(=O)[nH]c3ncccc23)CC1.CO.Cc1ccccc1. The number of aromatic amines is 1. The molecule has 1 saturated heterocycles. The Labute approximate surface area is 159 Å². The lowest BCUT2D eigenvalue weighted by atomic mass is 10.2. The molecule has 1 aliphatic rings. The van der Waals surface area contributed by atoms with E-state index in [0.29, 0.717) is 5.65 Å². The molecular formula is C20H27N5O2. The highest BCUT2D eigenvalue weighted by molar-refractivity contribution is 5.86. The molecule has 0 aliphatic carbocycles. The fourth-order valence-corrected chi connectivity index (χ4v) is 2.76. The first-order chi connectivity index (χ1) is 13.1. The molecule has 7 heteroatoms. The number of aliphatic hydroxyl groups is 1. The van der Waals surface area contributed by atoms with Gasteiger partial charge in [0.1, 0.15) is 11.5 Å². The molecule has 3 heterocycles. The quantitative estimate of drug-likeness (QED) is 0.679. The van der Waals surface area contributed by atoms with Crippen LogP contribution in [-0.4, -0.2) is 65.3 Å². The minimum Gasteiger partial charge on any atom is -0.400 e. The van der Waals surface area contributed by atoms with Gasteiger partial charge in [0, 0.05) is 39.5 Å². The molecule has 3 aromatic rings. The second-order valence-electron chi connectivity index (χ2n) is 6.21. The predicted octanol–water partition coefficient (Wildman–Crippen LogP) is 1.67. The minimum atomic E-state index is -0.338. The third-order valence-corrected chi connectivity index (χ3v) is 4.22. The van der Waals surface area contributed by atoms with Crippen LogP contribution >= 0.6 is 0 Å². The zero-order chi connectivity index (χ0) is 19.6. The summed E-state index contributed by atoms with van der Waals surface area (Å²) in [7, 11) is 3.10. The Balaban J connectivity index is 0.000000244. The van der Waals surface area contributed by atoms with Crippen molar-refractivity contribution in [3.8, 4) is 0 Å². The number of likely N-dealkylation sites (N-methyl/N-ethyl adjacent to an activating group) is 1. The molecule has 1 fully saturated rings. The summed E-state index contributed by atoms with van der Waals surface area (Å²) in [5, 5.41) is 7.90. The van der Waals surface area contributed by atoms with Crippen molar-refractivity contribution >= 4 is 16.9 Å². The summed E-state index contributed by atoms with van der Waals surface area (Å²) in [4.78, 5) is 26.9. The van der Waals surface area contributed by atoms with Gasteiger partial charge in [-0.3, -0.25) is 4.98 Å². The Kier molecular flexibility index (Phi) is 7.91. The highest BCUT2D eigenvalue weighted by Gasteiger charge is 2.18. The summed E-state index contributed by atoms with van der Waals surface area (Å²) in [6, 6.07) is 14.1. The van der Waals surface area contributed by atoms with Crippen LogP contribution in [0.25, 0.3) is 11.0 Å². The van der Waals surface area contributed by atoms with Gasteiger partial charge in [0.2, 0.25) is 0 Å². The molecule has 0 atom stereocenters. The number of H-pyrrole nitrogens is 1. The van der Waals surface area contributed by atoms with Gasteiger partial charge in [-0.2, -0.15) is 4.98 Å². The number of rotatable bonds is 1.